The number of hydrogen-bond acceptors (Lipinski definition) is 4. The third kappa shape index (κ3) is 4.12. The third-order valence-electron chi connectivity index (χ3n) is 6.58. The Bertz CT molecular complexity index is 918. The van der Waals surface area contributed by atoms with Crippen LogP contribution in [0.1, 0.15) is 63.9 Å². The summed E-state index contributed by atoms with van der Waals surface area (Å²) in [4.78, 5) is 27.1. The first-order chi connectivity index (χ1) is 14.4. The molecule has 0 unspecified atom stereocenters. The fraction of sp³-hybridized carbons (Fsp3) is 0.636. The number of carbonyl (C=O) groups excluding carboxylic acids is 2. The highest BCUT2D eigenvalue weighted by Crippen LogP contribution is 2.35. The molecule has 2 heterocycles. The van der Waals surface area contributed by atoms with Gasteiger partial charge in [0.05, 0.1) is 4.90 Å². The second-order valence-corrected chi connectivity index (χ2v) is 10.6. The van der Waals surface area contributed by atoms with Crippen molar-refractivity contribution in [2.75, 3.05) is 18.0 Å². The Labute approximate surface area is 178 Å². The van der Waals surface area contributed by atoms with Crippen LogP contribution in [0.5, 0.6) is 0 Å². The molecule has 3 aliphatic rings. The number of hydrogen-bond donors (Lipinski definition) is 1. The smallest absolute Gasteiger partial charge is 0.243 e. The van der Waals surface area contributed by atoms with Crippen molar-refractivity contribution in [3.63, 3.8) is 0 Å². The predicted molar refractivity (Wildman–Crippen MR) is 115 cm³/mol. The van der Waals surface area contributed by atoms with Gasteiger partial charge in [-0.25, -0.2) is 8.42 Å². The Hall–Kier alpha value is -1.93. The van der Waals surface area contributed by atoms with E-state index in [-0.39, 0.29) is 22.8 Å². The number of sulfonamides is 1. The van der Waals surface area contributed by atoms with Crippen molar-refractivity contribution in [2.24, 2.45) is 0 Å². The van der Waals surface area contributed by atoms with E-state index in [1.54, 1.807) is 22.5 Å². The number of anilines is 1. The molecule has 30 heavy (non-hydrogen) atoms. The zero-order valence-electron chi connectivity index (χ0n) is 17.6. The summed E-state index contributed by atoms with van der Waals surface area (Å²) in [6.07, 6.45) is 8.55. The lowest BCUT2D eigenvalue weighted by Crippen LogP contribution is -2.50. The van der Waals surface area contributed by atoms with E-state index < -0.39 is 16.1 Å². The molecule has 1 aromatic rings. The van der Waals surface area contributed by atoms with Crippen LogP contribution in [0.25, 0.3) is 0 Å². The van der Waals surface area contributed by atoms with Gasteiger partial charge >= 0.3 is 0 Å². The second kappa shape index (κ2) is 8.67. The molecule has 8 heteroatoms. The SMILES string of the molecule is CC(=O)N1c2ccc(S(=O)(=O)N3CCCCC3)cc2C[C@H]1C(=O)NC1CCCCC1. The van der Waals surface area contributed by atoms with Crippen LogP contribution in [0, 0.1) is 0 Å². The van der Waals surface area contributed by atoms with Gasteiger partial charge in [0, 0.05) is 38.2 Å². The Balaban J connectivity index is 1.57. The van der Waals surface area contributed by atoms with Crippen LogP contribution >= 0.6 is 0 Å². The molecule has 2 fully saturated rings. The first-order valence-corrected chi connectivity index (χ1v) is 12.5. The molecule has 1 N–H and O–H groups in total. The first-order valence-electron chi connectivity index (χ1n) is 11.1. The molecule has 1 saturated heterocycles. The molecule has 1 atom stereocenters. The van der Waals surface area contributed by atoms with Gasteiger partial charge in [-0.15, -0.1) is 0 Å². The summed E-state index contributed by atoms with van der Waals surface area (Å²) >= 11 is 0. The molecule has 1 aliphatic carbocycles. The van der Waals surface area contributed by atoms with Crippen LogP contribution in [0.3, 0.4) is 0 Å². The van der Waals surface area contributed by atoms with Gasteiger partial charge in [-0.1, -0.05) is 25.7 Å². The van der Waals surface area contributed by atoms with Gasteiger partial charge < -0.3 is 5.32 Å². The molecule has 2 aliphatic heterocycles. The van der Waals surface area contributed by atoms with Crippen LogP contribution in [-0.4, -0.2) is 49.7 Å². The average Bonchev–Trinajstić information content (AvgIpc) is 3.14. The van der Waals surface area contributed by atoms with E-state index in [0.717, 1.165) is 50.5 Å². The summed E-state index contributed by atoms with van der Waals surface area (Å²) < 4.78 is 27.6. The molecular formula is C22H31N3O4S. The molecule has 0 aromatic heterocycles. The molecule has 1 saturated carbocycles. The van der Waals surface area contributed by atoms with Crippen molar-refractivity contribution in [1.82, 2.24) is 9.62 Å². The minimum atomic E-state index is -3.55. The number of piperidine rings is 1. The van der Waals surface area contributed by atoms with Gasteiger partial charge in [0.1, 0.15) is 6.04 Å². The van der Waals surface area contributed by atoms with Crippen LogP contribution in [0.2, 0.25) is 0 Å². The lowest BCUT2D eigenvalue weighted by molar-refractivity contribution is -0.126. The van der Waals surface area contributed by atoms with E-state index in [1.165, 1.54) is 18.2 Å². The molecule has 7 nitrogen and oxygen atoms in total. The van der Waals surface area contributed by atoms with Crippen molar-refractivity contribution >= 4 is 27.5 Å². The molecular weight excluding hydrogens is 402 g/mol. The Morgan fingerprint density at radius 3 is 2.33 bits per heavy atom. The number of rotatable bonds is 4. The minimum Gasteiger partial charge on any atom is -0.352 e. The largest absolute Gasteiger partial charge is 0.352 e. The minimum absolute atomic E-state index is 0.145. The van der Waals surface area contributed by atoms with E-state index in [2.05, 4.69) is 5.32 Å². The summed E-state index contributed by atoms with van der Waals surface area (Å²) in [7, 11) is -3.55. The van der Waals surface area contributed by atoms with Crippen LogP contribution in [-0.2, 0) is 26.0 Å². The molecule has 0 radical (unpaired) electrons. The fourth-order valence-electron chi connectivity index (χ4n) is 4.99. The number of fused-ring (bicyclic) bond motifs is 1. The summed E-state index contributed by atoms with van der Waals surface area (Å²) in [5, 5.41) is 3.12. The zero-order valence-corrected chi connectivity index (χ0v) is 18.4. The van der Waals surface area contributed by atoms with E-state index in [1.807, 2.05) is 0 Å². The van der Waals surface area contributed by atoms with E-state index in [0.29, 0.717) is 25.2 Å². The average molecular weight is 434 g/mol. The summed E-state index contributed by atoms with van der Waals surface area (Å²) in [5.74, 6) is -0.349. The number of benzene rings is 1. The van der Waals surface area contributed by atoms with Gasteiger partial charge in [-0.2, -0.15) is 4.31 Å². The molecule has 1 aromatic carbocycles. The van der Waals surface area contributed by atoms with Crippen LogP contribution in [0.4, 0.5) is 5.69 Å². The van der Waals surface area contributed by atoms with Gasteiger partial charge in [-0.3, -0.25) is 14.5 Å². The second-order valence-electron chi connectivity index (χ2n) is 8.71. The van der Waals surface area contributed by atoms with Crippen molar-refractivity contribution in [3.05, 3.63) is 23.8 Å². The Morgan fingerprint density at radius 1 is 1.00 bits per heavy atom. The maximum Gasteiger partial charge on any atom is 0.243 e. The van der Waals surface area contributed by atoms with Crippen molar-refractivity contribution < 1.29 is 18.0 Å². The highest BCUT2D eigenvalue weighted by Gasteiger charge is 2.38. The summed E-state index contributed by atoms with van der Waals surface area (Å²) in [5.41, 5.74) is 1.39. The van der Waals surface area contributed by atoms with E-state index in [4.69, 9.17) is 0 Å². The monoisotopic (exact) mass is 433 g/mol. The molecule has 0 spiro atoms. The van der Waals surface area contributed by atoms with E-state index in [9.17, 15) is 18.0 Å². The number of amides is 2. The fourth-order valence-corrected chi connectivity index (χ4v) is 6.55. The van der Waals surface area contributed by atoms with Crippen molar-refractivity contribution in [2.45, 2.75) is 81.7 Å². The third-order valence-corrected chi connectivity index (χ3v) is 8.48. The lowest BCUT2D eigenvalue weighted by Gasteiger charge is -2.28. The highest BCUT2D eigenvalue weighted by atomic mass is 32.2. The molecule has 2 amide bonds. The van der Waals surface area contributed by atoms with Gasteiger partial charge in [0.25, 0.3) is 0 Å². The first kappa shape index (κ1) is 21.3. The topological polar surface area (TPSA) is 86.8 Å². The molecule has 4 rings (SSSR count). The number of nitrogens with zero attached hydrogens (tertiary/aromatic N) is 2. The predicted octanol–water partition coefficient (Wildman–Crippen LogP) is 2.59. The normalized spacial score (nSPS) is 23.2. The van der Waals surface area contributed by atoms with Gasteiger partial charge in [0.15, 0.2) is 0 Å². The van der Waals surface area contributed by atoms with Crippen molar-refractivity contribution in [3.8, 4) is 0 Å². The standard InChI is InChI=1S/C22H31N3O4S/c1-16(26)25-20-11-10-19(30(28,29)24-12-6-3-7-13-24)14-17(20)15-21(25)22(27)23-18-8-4-2-5-9-18/h10-11,14,18,21H,2-9,12-13,15H2,1H3,(H,23,27)/t21-/m0/s1. The van der Waals surface area contributed by atoms with Crippen LogP contribution < -0.4 is 10.2 Å². The maximum atomic E-state index is 13.0. The lowest BCUT2D eigenvalue weighted by atomic mass is 9.95. The number of nitrogens with one attached hydrogen (secondary N) is 1. The zero-order chi connectivity index (χ0) is 21.3. The van der Waals surface area contributed by atoms with Gasteiger partial charge in [0.2, 0.25) is 21.8 Å². The van der Waals surface area contributed by atoms with Crippen LogP contribution in [0.15, 0.2) is 23.1 Å². The highest BCUT2D eigenvalue weighted by molar-refractivity contribution is 7.89. The molecule has 164 valence electrons. The Morgan fingerprint density at radius 2 is 1.67 bits per heavy atom. The summed E-state index contributed by atoms with van der Waals surface area (Å²) in [6, 6.07) is 4.45. The van der Waals surface area contributed by atoms with E-state index >= 15 is 0 Å². The number of carbonyl (C=O) groups is 2. The van der Waals surface area contributed by atoms with Gasteiger partial charge in [-0.05, 0) is 49.4 Å². The van der Waals surface area contributed by atoms with Crippen molar-refractivity contribution in [1.29, 1.82) is 0 Å². The molecule has 0 bridgehead atoms. The quantitative estimate of drug-likeness (QED) is 0.791. The maximum absolute atomic E-state index is 13.0. The Kier molecular flexibility index (Phi) is 6.16. The summed E-state index contributed by atoms with van der Waals surface area (Å²) in [6.45, 7) is 2.55.